The Morgan fingerprint density at radius 2 is 1.93 bits per heavy atom. The van der Waals surface area contributed by atoms with Crippen molar-refractivity contribution in [1.29, 1.82) is 0 Å². The van der Waals surface area contributed by atoms with Gasteiger partial charge in [0.15, 0.2) is 4.32 Å². The third-order valence-electron chi connectivity index (χ3n) is 4.18. The van der Waals surface area contributed by atoms with E-state index < -0.39 is 0 Å². The van der Waals surface area contributed by atoms with Crippen molar-refractivity contribution in [3.05, 3.63) is 77.9 Å². The molecule has 0 radical (unpaired) electrons. The molecule has 1 heterocycles. The molecule has 4 rings (SSSR count). The molecular weight excluding hydrogens is 376 g/mol. The molecule has 0 aromatic heterocycles. The minimum absolute atomic E-state index is 0.0930. The number of amides is 1. The van der Waals surface area contributed by atoms with E-state index in [2.05, 4.69) is 29.4 Å². The Balaban J connectivity index is 1.48. The van der Waals surface area contributed by atoms with Crippen LogP contribution in [0.2, 0.25) is 0 Å². The molecule has 1 aliphatic rings. The van der Waals surface area contributed by atoms with Crippen LogP contribution in [0.1, 0.15) is 11.1 Å². The lowest BCUT2D eigenvalue weighted by molar-refractivity contribution is -0.123. The maximum absolute atomic E-state index is 11.7. The van der Waals surface area contributed by atoms with E-state index in [1.807, 2.05) is 42.5 Å². The number of fused-ring (bicyclic) bond motifs is 1. The average Bonchev–Trinajstić information content (AvgIpc) is 3.02. The zero-order valence-corrected chi connectivity index (χ0v) is 16.0. The summed E-state index contributed by atoms with van der Waals surface area (Å²) in [6.07, 6.45) is 1.63. The molecule has 134 valence electrons. The van der Waals surface area contributed by atoms with Crippen molar-refractivity contribution in [1.82, 2.24) is 5.01 Å². The first-order valence-corrected chi connectivity index (χ1v) is 9.83. The summed E-state index contributed by atoms with van der Waals surface area (Å²) < 4.78 is 6.47. The Labute approximate surface area is 166 Å². The fraction of sp³-hybridized carbons (Fsp3) is 0.0952. The highest BCUT2D eigenvalue weighted by Gasteiger charge is 2.25. The predicted octanol–water partition coefficient (Wildman–Crippen LogP) is 4.61. The van der Waals surface area contributed by atoms with E-state index in [1.54, 1.807) is 6.21 Å². The van der Waals surface area contributed by atoms with E-state index in [0.29, 0.717) is 16.7 Å². The molecule has 0 N–H and O–H groups in total. The van der Waals surface area contributed by atoms with Gasteiger partial charge >= 0.3 is 0 Å². The summed E-state index contributed by atoms with van der Waals surface area (Å²) in [7, 11) is 0. The number of thiocarbonyl (C=S) groups is 1. The number of ether oxygens (including phenoxy) is 1. The van der Waals surface area contributed by atoms with E-state index in [4.69, 9.17) is 17.0 Å². The van der Waals surface area contributed by atoms with Crippen LogP contribution in [0, 0.1) is 0 Å². The predicted molar refractivity (Wildman–Crippen MR) is 114 cm³/mol. The van der Waals surface area contributed by atoms with Crippen molar-refractivity contribution in [3.63, 3.8) is 0 Å². The van der Waals surface area contributed by atoms with Crippen LogP contribution in [0.4, 0.5) is 0 Å². The van der Waals surface area contributed by atoms with Gasteiger partial charge in [0.05, 0.1) is 12.0 Å². The third kappa shape index (κ3) is 4.02. The van der Waals surface area contributed by atoms with Gasteiger partial charge in [-0.25, -0.2) is 0 Å². The Bertz CT molecular complexity index is 1030. The molecule has 1 amide bonds. The second kappa shape index (κ2) is 7.90. The Kier molecular flexibility index (Phi) is 5.18. The first-order valence-electron chi connectivity index (χ1n) is 8.44. The summed E-state index contributed by atoms with van der Waals surface area (Å²) in [5.74, 6) is 1.01. The molecule has 0 spiro atoms. The third-order valence-corrected chi connectivity index (χ3v) is 5.52. The SMILES string of the molecule is O=C1CSC(=S)N1/N=C/c1cccc(OCc2cccc3ccccc23)c1. The van der Waals surface area contributed by atoms with Gasteiger partial charge < -0.3 is 4.74 Å². The van der Waals surface area contributed by atoms with Gasteiger partial charge in [0, 0.05) is 0 Å². The molecule has 27 heavy (non-hydrogen) atoms. The van der Waals surface area contributed by atoms with Crippen molar-refractivity contribution in [2.45, 2.75) is 6.61 Å². The van der Waals surface area contributed by atoms with Crippen LogP contribution in [-0.2, 0) is 11.4 Å². The van der Waals surface area contributed by atoms with Crippen molar-refractivity contribution in [2.24, 2.45) is 5.10 Å². The second-order valence-corrected chi connectivity index (χ2v) is 7.61. The van der Waals surface area contributed by atoms with Crippen molar-refractivity contribution in [2.75, 3.05) is 5.75 Å². The maximum atomic E-state index is 11.7. The van der Waals surface area contributed by atoms with E-state index in [-0.39, 0.29) is 5.91 Å². The first kappa shape index (κ1) is 17.7. The maximum Gasteiger partial charge on any atom is 0.259 e. The minimum Gasteiger partial charge on any atom is -0.489 e. The fourth-order valence-electron chi connectivity index (χ4n) is 2.85. The smallest absolute Gasteiger partial charge is 0.259 e. The van der Waals surface area contributed by atoms with Crippen LogP contribution in [0.3, 0.4) is 0 Å². The monoisotopic (exact) mass is 392 g/mol. The molecule has 4 nitrogen and oxygen atoms in total. The van der Waals surface area contributed by atoms with Gasteiger partial charge in [0.1, 0.15) is 12.4 Å². The number of benzene rings is 3. The molecule has 0 saturated carbocycles. The molecular formula is C21H16N2O2S2. The lowest BCUT2D eigenvalue weighted by Gasteiger charge is -2.10. The average molecular weight is 393 g/mol. The van der Waals surface area contributed by atoms with Gasteiger partial charge in [-0.1, -0.05) is 78.6 Å². The summed E-state index contributed by atoms with van der Waals surface area (Å²) in [5.41, 5.74) is 1.98. The zero-order chi connectivity index (χ0) is 18.6. The second-order valence-electron chi connectivity index (χ2n) is 6.00. The van der Waals surface area contributed by atoms with E-state index in [1.165, 1.54) is 27.5 Å². The summed E-state index contributed by atoms with van der Waals surface area (Å²) in [6, 6.07) is 22.1. The lowest BCUT2D eigenvalue weighted by atomic mass is 10.1. The number of nitrogens with zero attached hydrogens (tertiary/aromatic N) is 2. The van der Waals surface area contributed by atoms with Gasteiger partial charge in [-0.15, -0.1) is 0 Å². The molecule has 1 saturated heterocycles. The first-order chi connectivity index (χ1) is 13.2. The Morgan fingerprint density at radius 3 is 2.78 bits per heavy atom. The van der Waals surface area contributed by atoms with E-state index in [9.17, 15) is 4.79 Å². The van der Waals surface area contributed by atoms with Gasteiger partial charge in [-0.2, -0.15) is 10.1 Å². The molecule has 3 aromatic carbocycles. The van der Waals surface area contributed by atoms with Crippen LogP contribution >= 0.6 is 24.0 Å². The molecule has 0 aliphatic carbocycles. The van der Waals surface area contributed by atoms with Gasteiger partial charge in [0.2, 0.25) is 0 Å². The van der Waals surface area contributed by atoms with Crippen LogP contribution in [0.5, 0.6) is 5.75 Å². The molecule has 0 bridgehead atoms. The summed E-state index contributed by atoms with van der Waals surface area (Å²) in [4.78, 5) is 11.7. The van der Waals surface area contributed by atoms with Crippen LogP contribution < -0.4 is 4.74 Å². The molecule has 0 atom stereocenters. The highest BCUT2D eigenvalue weighted by atomic mass is 32.2. The Hall–Kier alpha value is -2.70. The lowest BCUT2D eigenvalue weighted by Crippen LogP contribution is -2.22. The number of hydrogen-bond acceptors (Lipinski definition) is 5. The highest BCUT2D eigenvalue weighted by molar-refractivity contribution is 8.23. The molecule has 6 heteroatoms. The number of hydrazone groups is 1. The van der Waals surface area contributed by atoms with Crippen molar-refractivity contribution in [3.8, 4) is 5.75 Å². The van der Waals surface area contributed by atoms with E-state index in [0.717, 1.165) is 16.9 Å². The number of carbonyl (C=O) groups is 1. The van der Waals surface area contributed by atoms with Gasteiger partial charge in [0.25, 0.3) is 5.91 Å². The molecule has 0 unspecified atom stereocenters. The van der Waals surface area contributed by atoms with Gasteiger partial charge in [-0.05, 0) is 34.0 Å². The molecule has 1 aliphatic heterocycles. The van der Waals surface area contributed by atoms with Crippen molar-refractivity contribution < 1.29 is 9.53 Å². The number of thioether (sulfide) groups is 1. The number of hydrogen-bond donors (Lipinski definition) is 0. The summed E-state index contributed by atoms with van der Waals surface area (Å²) in [5, 5.41) is 7.85. The van der Waals surface area contributed by atoms with Crippen LogP contribution in [0.25, 0.3) is 10.8 Å². The highest BCUT2D eigenvalue weighted by Crippen LogP contribution is 2.22. The summed E-state index contributed by atoms with van der Waals surface area (Å²) in [6.45, 7) is 0.479. The topological polar surface area (TPSA) is 41.9 Å². The number of rotatable bonds is 5. The fourth-order valence-corrected chi connectivity index (χ4v) is 3.81. The van der Waals surface area contributed by atoms with Gasteiger partial charge in [-0.3, -0.25) is 4.79 Å². The minimum atomic E-state index is -0.0930. The van der Waals surface area contributed by atoms with Crippen LogP contribution in [0.15, 0.2) is 71.8 Å². The zero-order valence-electron chi connectivity index (χ0n) is 14.4. The van der Waals surface area contributed by atoms with Crippen LogP contribution in [-0.4, -0.2) is 27.2 Å². The molecule has 1 fully saturated rings. The summed E-state index contributed by atoms with van der Waals surface area (Å²) >= 11 is 6.45. The normalized spacial score (nSPS) is 14.4. The Morgan fingerprint density at radius 1 is 1.11 bits per heavy atom. The standard InChI is InChI=1S/C21H16N2O2S2/c24-20-14-27-21(26)23(20)22-12-15-5-3-9-18(11-15)25-13-17-8-4-7-16-6-1-2-10-19(16)17/h1-12H,13-14H2/b22-12+. The number of carbonyl (C=O) groups excluding carboxylic acids is 1. The van der Waals surface area contributed by atoms with Crippen molar-refractivity contribution >= 4 is 51.2 Å². The largest absolute Gasteiger partial charge is 0.489 e. The van der Waals surface area contributed by atoms with E-state index >= 15 is 0 Å². The quantitative estimate of drug-likeness (QED) is 0.470. The molecule has 3 aromatic rings.